The van der Waals surface area contributed by atoms with E-state index in [0.29, 0.717) is 12.5 Å². The van der Waals surface area contributed by atoms with E-state index >= 15 is 0 Å². The van der Waals surface area contributed by atoms with E-state index in [0.717, 1.165) is 70.5 Å². The summed E-state index contributed by atoms with van der Waals surface area (Å²) in [6.07, 6.45) is 4.08. The molecule has 8 nitrogen and oxygen atoms in total. The molecule has 1 atom stereocenters. The van der Waals surface area contributed by atoms with Gasteiger partial charge in [-0.3, -0.25) is 14.5 Å². The number of nitrogens with two attached hydrogens (primary N) is 1. The Balaban J connectivity index is 1.54. The van der Waals surface area contributed by atoms with Crippen LogP contribution in [0, 0.1) is 5.92 Å². The third kappa shape index (κ3) is 7.24. The average molecular weight is 429 g/mol. The van der Waals surface area contributed by atoms with Gasteiger partial charge in [0.25, 0.3) is 0 Å². The molecule has 1 unspecified atom stereocenters. The number of aliphatic imine (C=N–C) groups is 1. The predicted molar refractivity (Wildman–Crippen MR) is 122 cm³/mol. The second-order valence-electron chi connectivity index (χ2n) is 8.43. The monoisotopic (exact) mass is 428 g/mol. The second kappa shape index (κ2) is 11.7. The Labute approximate surface area is 185 Å². The maximum absolute atomic E-state index is 12.3. The Morgan fingerprint density at radius 1 is 1.13 bits per heavy atom. The lowest BCUT2D eigenvalue weighted by atomic mass is 9.97. The highest BCUT2D eigenvalue weighted by atomic mass is 16.2. The van der Waals surface area contributed by atoms with Gasteiger partial charge in [0.15, 0.2) is 5.96 Å². The molecule has 0 aromatic heterocycles. The van der Waals surface area contributed by atoms with E-state index in [-0.39, 0.29) is 24.3 Å². The van der Waals surface area contributed by atoms with Gasteiger partial charge in [-0.15, -0.1) is 0 Å². The number of carbonyl (C=O) groups is 2. The molecule has 2 aliphatic rings. The zero-order valence-electron chi connectivity index (χ0n) is 18.6. The van der Waals surface area contributed by atoms with Gasteiger partial charge in [-0.05, 0) is 50.3 Å². The summed E-state index contributed by atoms with van der Waals surface area (Å²) in [7, 11) is 0. The quantitative estimate of drug-likeness (QED) is 0.424. The first-order valence-electron chi connectivity index (χ1n) is 11.4. The predicted octanol–water partition coefficient (Wildman–Crippen LogP) is 1.06. The van der Waals surface area contributed by atoms with Gasteiger partial charge in [0.05, 0.1) is 19.0 Å². The second-order valence-corrected chi connectivity index (χ2v) is 8.43. The van der Waals surface area contributed by atoms with E-state index in [1.165, 1.54) is 5.56 Å². The maximum atomic E-state index is 12.3. The minimum Gasteiger partial charge on any atom is -0.369 e. The van der Waals surface area contributed by atoms with Crippen LogP contribution in [0.25, 0.3) is 0 Å². The normalized spacial score (nSPS) is 20.0. The number of hydrogen-bond acceptors (Lipinski definition) is 4. The minimum atomic E-state index is -0.195. The van der Waals surface area contributed by atoms with Crippen LogP contribution in [-0.4, -0.2) is 66.8 Å². The lowest BCUT2D eigenvalue weighted by molar-refractivity contribution is -0.129. The fourth-order valence-electron chi connectivity index (χ4n) is 4.27. The molecule has 2 heterocycles. The first-order chi connectivity index (χ1) is 15.0. The molecule has 2 fully saturated rings. The third-order valence-electron chi connectivity index (χ3n) is 5.94. The number of benzene rings is 1. The van der Waals surface area contributed by atoms with Crippen molar-refractivity contribution < 1.29 is 9.59 Å². The molecule has 0 saturated carbocycles. The van der Waals surface area contributed by atoms with Crippen LogP contribution < -0.4 is 16.4 Å². The molecule has 3 rings (SSSR count). The van der Waals surface area contributed by atoms with E-state index in [4.69, 9.17) is 5.73 Å². The van der Waals surface area contributed by atoms with E-state index in [1.807, 2.05) is 17.9 Å². The molecule has 4 N–H and O–H groups in total. The largest absolute Gasteiger partial charge is 0.369 e. The van der Waals surface area contributed by atoms with Crippen molar-refractivity contribution in [2.24, 2.45) is 16.6 Å². The van der Waals surface area contributed by atoms with Gasteiger partial charge in [0, 0.05) is 32.7 Å². The van der Waals surface area contributed by atoms with Crippen LogP contribution in [0.5, 0.6) is 0 Å². The number of hydrogen-bond donors (Lipinski definition) is 3. The first kappa shape index (κ1) is 23.1. The van der Waals surface area contributed by atoms with Crippen LogP contribution in [0.4, 0.5) is 0 Å². The van der Waals surface area contributed by atoms with E-state index < -0.39 is 0 Å². The van der Waals surface area contributed by atoms with E-state index in [9.17, 15) is 9.59 Å². The van der Waals surface area contributed by atoms with Crippen LogP contribution in [0.3, 0.4) is 0 Å². The number of amides is 2. The highest BCUT2D eigenvalue weighted by molar-refractivity contribution is 5.86. The summed E-state index contributed by atoms with van der Waals surface area (Å²) >= 11 is 0. The molecular weight excluding hydrogens is 392 g/mol. The summed E-state index contributed by atoms with van der Waals surface area (Å²) in [5.74, 6) is 0.541. The molecule has 0 spiro atoms. The van der Waals surface area contributed by atoms with Crippen molar-refractivity contribution in [2.75, 3.05) is 39.3 Å². The molecule has 31 heavy (non-hydrogen) atoms. The number of nitrogens with one attached hydrogen (secondary N) is 2. The van der Waals surface area contributed by atoms with Crippen molar-refractivity contribution in [3.63, 3.8) is 0 Å². The minimum absolute atomic E-state index is 0.0430. The topological polar surface area (TPSA) is 103 Å². The number of nitrogens with zero attached hydrogens (tertiary/aromatic N) is 3. The van der Waals surface area contributed by atoms with Gasteiger partial charge in [0.1, 0.15) is 0 Å². The summed E-state index contributed by atoms with van der Waals surface area (Å²) in [6, 6.07) is 8.39. The van der Waals surface area contributed by atoms with Gasteiger partial charge in [-0.1, -0.05) is 24.3 Å². The molecule has 170 valence electrons. The molecule has 0 bridgehead atoms. The molecular formula is C23H36N6O2. The zero-order valence-corrected chi connectivity index (χ0v) is 18.6. The Morgan fingerprint density at radius 3 is 2.65 bits per heavy atom. The van der Waals surface area contributed by atoms with Crippen molar-refractivity contribution in [1.82, 2.24) is 20.4 Å². The highest BCUT2D eigenvalue weighted by Gasteiger charge is 2.23. The van der Waals surface area contributed by atoms with Crippen LogP contribution >= 0.6 is 0 Å². The van der Waals surface area contributed by atoms with Crippen LogP contribution in [0.1, 0.15) is 43.7 Å². The van der Waals surface area contributed by atoms with Crippen molar-refractivity contribution in [2.45, 2.75) is 45.7 Å². The number of carbonyl (C=O) groups excluding carboxylic acids is 2. The summed E-state index contributed by atoms with van der Waals surface area (Å²) in [5, 5.41) is 6.37. The van der Waals surface area contributed by atoms with Crippen molar-refractivity contribution in [3.05, 3.63) is 35.4 Å². The van der Waals surface area contributed by atoms with Crippen LogP contribution in [0.2, 0.25) is 0 Å². The van der Waals surface area contributed by atoms with Crippen molar-refractivity contribution in [3.8, 4) is 0 Å². The van der Waals surface area contributed by atoms with E-state index in [1.54, 1.807) is 0 Å². The van der Waals surface area contributed by atoms with E-state index in [2.05, 4.69) is 38.7 Å². The van der Waals surface area contributed by atoms with Gasteiger partial charge in [0.2, 0.25) is 11.8 Å². The van der Waals surface area contributed by atoms with Crippen LogP contribution in [0.15, 0.2) is 29.3 Å². The first-order valence-corrected chi connectivity index (χ1v) is 11.4. The van der Waals surface area contributed by atoms with Gasteiger partial charge in [-0.2, -0.15) is 0 Å². The molecule has 2 aliphatic heterocycles. The number of rotatable bonds is 8. The molecule has 0 radical (unpaired) electrons. The standard InChI is InChI=1S/C23H36N6O2/c1-2-25-23(27-15-21(30)29-11-3-4-12-29)26-14-18-7-5-8-19(13-18)16-28-10-6-9-20(17-28)22(24)31/h5,7-8,13,20H,2-4,6,9-12,14-17H2,1H3,(H2,24,31)(H2,25,26,27). The van der Waals surface area contributed by atoms with Crippen LogP contribution in [-0.2, 0) is 22.7 Å². The fraction of sp³-hybridized carbons (Fsp3) is 0.609. The molecule has 2 amide bonds. The fourth-order valence-corrected chi connectivity index (χ4v) is 4.27. The lowest BCUT2D eigenvalue weighted by Gasteiger charge is -2.31. The third-order valence-corrected chi connectivity index (χ3v) is 5.94. The molecule has 1 aromatic carbocycles. The van der Waals surface area contributed by atoms with Gasteiger partial charge >= 0.3 is 0 Å². The molecule has 0 aliphatic carbocycles. The number of guanidine groups is 1. The molecule has 8 heteroatoms. The Morgan fingerprint density at radius 2 is 1.90 bits per heavy atom. The lowest BCUT2D eigenvalue weighted by Crippen LogP contribution is -2.44. The molecule has 2 saturated heterocycles. The zero-order chi connectivity index (χ0) is 22.1. The van der Waals surface area contributed by atoms with Crippen molar-refractivity contribution in [1.29, 1.82) is 0 Å². The Hall–Kier alpha value is -2.61. The van der Waals surface area contributed by atoms with Gasteiger partial charge < -0.3 is 21.3 Å². The summed E-state index contributed by atoms with van der Waals surface area (Å²) in [6.45, 7) is 7.80. The number of likely N-dealkylation sites (tertiary alicyclic amines) is 2. The SMILES string of the molecule is CCNC(=NCc1cccc(CN2CCCC(C(N)=O)C2)c1)NCC(=O)N1CCCC1. The molecule has 1 aromatic rings. The Bertz CT molecular complexity index is 775. The summed E-state index contributed by atoms with van der Waals surface area (Å²) in [4.78, 5) is 32.7. The number of primary amides is 1. The maximum Gasteiger partial charge on any atom is 0.241 e. The highest BCUT2D eigenvalue weighted by Crippen LogP contribution is 2.19. The summed E-state index contributed by atoms with van der Waals surface area (Å²) < 4.78 is 0. The van der Waals surface area contributed by atoms with Crippen molar-refractivity contribution >= 4 is 17.8 Å². The smallest absolute Gasteiger partial charge is 0.241 e. The number of piperidine rings is 1. The Kier molecular flexibility index (Phi) is 8.70. The summed E-state index contributed by atoms with van der Waals surface area (Å²) in [5.41, 5.74) is 7.83. The average Bonchev–Trinajstić information content (AvgIpc) is 3.31. The van der Waals surface area contributed by atoms with Gasteiger partial charge in [-0.25, -0.2) is 4.99 Å².